The van der Waals surface area contributed by atoms with Crippen molar-refractivity contribution in [1.82, 2.24) is 15.1 Å². The fraction of sp³-hybridized carbons (Fsp3) is 0.545. The number of halogens is 1. The standard InChI is InChI=1S/C11H15ClN4O4/c1-8-7-10(16(19)20)14-15(8)6-4-11(18)13-5-2-3-9(12)17/h7H,2-6H2,1H3,(H,13,18). The summed E-state index contributed by atoms with van der Waals surface area (Å²) < 4.78 is 1.42. The highest BCUT2D eigenvalue weighted by Crippen LogP contribution is 2.11. The van der Waals surface area contributed by atoms with Gasteiger partial charge in [0.15, 0.2) is 0 Å². The molecule has 0 unspecified atom stereocenters. The average molecular weight is 303 g/mol. The van der Waals surface area contributed by atoms with Crippen molar-refractivity contribution in [2.75, 3.05) is 6.54 Å². The third-order valence-electron chi connectivity index (χ3n) is 2.58. The molecule has 0 saturated carbocycles. The normalized spacial score (nSPS) is 10.3. The van der Waals surface area contributed by atoms with E-state index in [9.17, 15) is 19.7 Å². The zero-order valence-electron chi connectivity index (χ0n) is 11.0. The second-order valence-electron chi connectivity index (χ2n) is 4.18. The van der Waals surface area contributed by atoms with E-state index in [0.717, 1.165) is 0 Å². The number of carbonyl (C=O) groups is 2. The Kier molecular flexibility index (Phi) is 6.10. The number of carbonyl (C=O) groups excluding carboxylic acids is 2. The SMILES string of the molecule is Cc1cc([N+](=O)[O-])nn1CCC(=O)NCCCC(=O)Cl. The monoisotopic (exact) mass is 302 g/mol. The quantitative estimate of drug-likeness (QED) is 0.335. The van der Waals surface area contributed by atoms with Gasteiger partial charge in [0.2, 0.25) is 11.1 Å². The van der Waals surface area contributed by atoms with Gasteiger partial charge in [0.05, 0.1) is 23.4 Å². The van der Waals surface area contributed by atoms with Crippen LogP contribution in [0.3, 0.4) is 0 Å². The van der Waals surface area contributed by atoms with Gasteiger partial charge < -0.3 is 15.4 Å². The van der Waals surface area contributed by atoms with Gasteiger partial charge in [0.1, 0.15) is 0 Å². The smallest absolute Gasteiger partial charge is 0.358 e. The summed E-state index contributed by atoms with van der Waals surface area (Å²) in [6, 6.07) is 1.35. The van der Waals surface area contributed by atoms with Crippen molar-refractivity contribution in [2.45, 2.75) is 32.7 Å². The van der Waals surface area contributed by atoms with E-state index < -0.39 is 10.2 Å². The summed E-state index contributed by atoms with van der Waals surface area (Å²) in [7, 11) is 0. The number of nitrogens with one attached hydrogen (secondary N) is 1. The number of hydrogen-bond acceptors (Lipinski definition) is 5. The molecule has 0 atom stereocenters. The first-order valence-electron chi connectivity index (χ1n) is 6.04. The molecule has 110 valence electrons. The molecule has 1 heterocycles. The molecule has 0 spiro atoms. The zero-order chi connectivity index (χ0) is 15.1. The van der Waals surface area contributed by atoms with E-state index >= 15 is 0 Å². The van der Waals surface area contributed by atoms with E-state index in [0.29, 0.717) is 18.7 Å². The molecule has 0 fully saturated rings. The van der Waals surface area contributed by atoms with E-state index in [2.05, 4.69) is 10.4 Å². The highest BCUT2D eigenvalue weighted by molar-refractivity contribution is 6.63. The molecular formula is C11H15ClN4O4. The van der Waals surface area contributed by atoms with Gasteiger partial charge in [-0.15, -0.1) is 0 Å². The lowest BCUT2D eigenvalue weighted by Gasteiger charge is -2.03. The van der Waals surface area contributed by atoms with Gasteiger partial charge >= 0.3 is 5.82 Å². The van der Waals surface area contributed by atoms with Crippen LogP contribution in [0.15, 0.2) is 6.07 Å². The van der Waals surface area contributed by atoms with Crippen molar-refractivity contribution >= 4 is 28.6 Å². The van der Waals surface area contributed by atoms with Crippen molar-refractivity contribution in [2.24, 2.45) is 0 Å². The van der Waals surface area contributed by atoms with Crippen molar-refractivity contribution in [3.05, 3.63) is 21.9 Å². The van der Waals surface area contributed by atoms with Crippen molar-refractivity contribution in [3.63, 3.8) is 0 Å². The van der Waals surface area contributed by atoms with Gasteiger partial charge in [-0.25, -0.2) is 0 Å². The fourth-order valence-corrected chi connectivity index (χ4v) is 1.69. The molecule has 0 aliphatic carbocycles. The minimum absolute atomic E-state index is 0.161. The van der Waals surface area contributed by atoms with Crippen LogP contribution in [0, 0.1) is 17.0 Å². The summed E-state index contributed by atoms with van der Waals surface area (Å²) in [6.07, 6.45) is 0.862. The molecule has 1 aromatic rings. The van der Waals surface area contributed by atoms with Crippen LogP contribution in [-0.2, 0) is 16.1 Å². The van der Waals surface area contributed by atoms with E-state index in [4.69, 9.17) is 11.6 Å². The van der Waals surface area contributed by atoms with Crippen LogP contribution in [0.25, 0.3) is 0 Å². The molecule has 0 radical (unpaired) electrons. The number of aromatic nitrogens is 2. The molecule has 1 amide bonds. The Morgan fingerprint density at radius 2 is 2.20 bits per heavy atom. The predicted molar refractivity (Wildman–Crippen MR) is 71.3 cm³/mol. The Labute approximate surface area is 120 Å². The Morgan fingerprint density at radius 1 is 1.50 bits per heavy atom. The van der Waals surface area contributed by atoms with E-state index in [1.807, 2.05) is 0 Å². The Hall–Kier alpha value is -1.96. The number of nitro groups is 1. The van der Waals surface area contributed by atoms with Crippen LogP contribution in [-0.4, -0.2) is 32.4 Å². The molecule has 0 aliphatic rings. The number of amides is 1. The molecule has 0 bridgehead atoms. The molecule has 20 heavy (non-hydrogen) atoms. The second kappa shape index (κ2) is 7.59. The van der Waals surface area contributed by atoms with Crippen molar-refractivity contribution < 1.29 is 14.5 Å². The van der Waals surface area contributed by atoms with Crippen LogP contribution in [0.2, 0.25) is 0 Å². The largest absolute Gasteiger partial charge is 0.390 e. The number of hydrogen-bond donors (Lipinski definition) is 1. The van der Waals surface area contributed by atoms with Crippen LogP contribution in [0.5, 0.6) is 0 Å². The summed E-state index contributed by atoms with van der Waals surface area (Å²) in [5, 5.41) is 16.5. The third kappa shape index (κ3) is 5.35. The lowest BCUT2D eigenvalue weighted by molar-refractivity contribution is -0.389. The minimum atomic E-state index is -0.577. The number of nitrogens with zero attached hydrogens (tertiary/aromatic N) is 3. The molecule has 8 nitrogen and oxygen atoms in total. The van der Waals surface area contributed by atoms with E-state index in [1.54, 1.807) is 6.92 Å². The molecule has 1 N–H and O–H groups in total. The summed E-state index contributed by atoms with van der Waals surface area (Å²) >= 11 is 5.16. The van der Waals surface area contributed by atoms with Gasteiger partial charge in [0.25, 0.3) is 0 Å². The maximum absolute atomic E-state index is 11.5. The maximum Gasteiger partial charge on any atom is 0.390 e. The maximum atomic E-state index is 11.5. The van der Waals surface area contributed by atoms with Crippen LogP contribution >= 0.6 is 11.6 Å². The summed E-state index contributed by atoms with van der Waals surface area (Å²) in [5.41, 5.74) is 0.622. The summed E-state index contributed by atoms with van der Waals surface area (Å²) in [6.45, 7) is 2.32. The summed E-state index contributed by atoms with van der Waals surface area (Å²) in [5.74, 6) is -0.437. The molecule has 0 aromatic carbocycles. The summed E-state index contributed by atoms with van der Waals surface area (Å²) in [4.78, 5) is 32.0. The lowest BCUT2D eigenvalue weighted by atomic mass is 10.3. The Morgan fingerprint density at radius 3 is 2.75 bits per heavy atom. The highest BCUT2D eigenvalue weighted by Gasteiger charge is 2.15. The highest BCUT2D eigenvalue weighted by atomic mass is 35.5. The van der Waals surface area contributed by atoms with Crippen LogP contribution in [0.1, 0.15) is 25.0 Å². The molecule has 1 rings (SSSR count). The van der Waals surface area contributed by atoms with Gasteiger partial charge in [-0.3, -0.25) is 9.59 Å². The van der Waals surface area contributed by atoms with Crippen molar-refractivity contribution in [3.8, 4) is 0 Å². The minimum Gasteiger partial charge on any atom is -0.358 e. The van der Waals surface area contributed by atoms with Crippen molar-refractivity contribution in [1.29, 1.82) is 0 Å². The van der Waals surface area contributed by atoms with Gasteiger partial charge in [0, 0.05) is 19.4 Å². The molecule has 0 aliphatic heterocycles. The first kappa shape index (κ1) is 16.1. The predicted octanol–water partition coefficient (Wildman–Crippen LogP) is 1.15. The number of rotatable bonds is 8. The van der Waals surface area contributed by atoms with Crippen LogP contribution in [0.4, 0.5) is 5.82 Å². The zero-order valence-corrected chi connectivity index (χ0v) is 11.7. The van der Waals surface area contributed by atoms with Gasteiger partial charge in [-0.1, -0.05) is 0 Å². The lowest BCUT2D eigenvalue weighted by Crippen LogP contribution is -2.26. The van der Waals surface area contributed by atoms with Gasteiger partial charge in [-0.2, -0.15) is 4.68 Å². The van der Waals surface area contributed by atoms with Gasteiger partial charge in [-0.05, 0) is 29.9 Å². The molecule has 9 heteroatoms. The topological polar surface area (TPSA) is 107 Å². The van der Waals surface area contributed by atoms with Crippen LogP contribution < -0.4 is 5.32 Å². The first-order chi connectivity index (χ1) is 9.40. The molecule has 1 aromatic heterocycles. The van der Waals surface area contributed by atoms with E-state index in [1.165, 1.54) is 10.7 Å². The Balaban J connectivity index is 2.34. The molecular weight excluding hydrogens is 288 g/mol. The first-order valence-corrected chi connectivity index (χ1v) is 6.42. The number of aryl methyl sites for hydroxylation is 2. The average Bonchev–Trinajstić information content (AvgIpc) is 2.74. The second-order valence-corrected chi connectivity index (χ2v) is 4.60. The third-order valence-corrected chi connectivity index (χ3v) is 2.77. The van der Waals surface area contributed by atoms with E-state index in [-0.39, 0.29) is 31.1 Å². The fourth-order valence-electron chi connectivity index (χ4n) is 1.56. The Bertz CT molecular complexity index is 515. The molecule has 0 saturated heterocycles.